The van der Waals surface area contributed by atoms with Crippen molar-refractivity contribution < 1.29 is 4.79 Å². The van der Waals surface area contributed by atoms with Crippen molar-refractivity contribution in [2.45, 2.75) is 32.7 Å². The van der Waals surface area contributed by atoms with Crippen LogP contribution >= 0.6 is 0 Å². The predicted octanol–water partition coefficient (Wildman–Crippen LogP) is 2.97. The van der Waals surface area contributed by atoms with Crippen molar-refractivity contribution in [1.29, 1.82) is 0 Å². The molecule has 0 saturated heterocycles. The van der Waals surface area contributed by atoms with E-state index in [1.165, 1.54) is 12.8 Å². The van der Waals surface area contributed by atoms with Crippen LogP contribution in [0.15, 0.2) is 24.3 Å². The summed E-state index contributed by atoms with van der Waals surface area (Å²) in [6, 6.07) is 7.73. The molecule has 2 amide bonds. The second kappa shape index (κ2) is 6.06. The Morgan fingerprint density at radius 2 is 2.05 bits per heavy atom. The highest BCUT2D eigenvalue weighted by atomic mass is 16.2. The number of nitrogens with one attached hydrogen (secondary N) is 1. The normalized spacial score (nSPS) is 15.9. The Hall–Kier alpha value is -1.55. The van der Waals surface area contributed by atoms with Gasteiger partial charge in [-0.2, -0.15) is 0 Å². The molecule has 0 radical (unpaired) electrons. The van der Waals surface area contributed by atoms with Crippen molar-refractivity contribution in [3.8, 4) is 0 Å². The molecule has 1 aromatic carbocycles. The van der Waals surface area contributed by atoms with Gasteiger partial charge >= 0.3 is 6.03 Å². The van der Waals surface area contributed by atoms with E-state index in [0.717, 1.165) is 24.3 Å². The minimum atomic E-state index is -0.0112. The van der Waals surface area contributed by atoms with Crippen LogP contribution in [0.25, 0.3) is 0 Å². The van der Waals surface area contributed by atoms with Crippen molar-refractivity contribution in [2.24, 2.45) is 11.7 Å². The highest BCUT2D eigenvalue weighted by molar-refractivity contribution is 5.89. The standard InChI is InChI=1S/C15H23N3O/c1-3-18(10-12-4-5-12)15(19)17-14-8-6-13(7-9-14)11(2)16/h6-9,11-12H,3-5,10,16H2,1-2H3,(H,17,19). The van der Waals surface area contributed by atoms with E-state index in [2.05, 4.69) is 5.32 Å². The van der Waals surface area contributed by atoms with Gasteiger partial charge in [0.05, 0.1) is 0 Å². The van der Waals surface area contributed by atoms with Crippen molar-refractivity contribution >= 4 is 11.7 Å². The molecule has 104 valence electrons. The number of rotatable bonds is 5. The van der Waals surface area contributed by atoms with E-state index in [0.29, 0.717) is 5.92 Å². The molecule has 3 N–H and O–H groups in total. The second-order valence-electron chi connectivity index (χ2n) is 5.32. The molecule has 1 aliphatic carbocycles. The van der Waals surface area contributed by atoms with Gasteiger partial charge in [-0.15, -0.1) is 0 Å². The van der Waals surface area contributed by atoms with Crippen LogP contribution in [0, 0.1) is 5.92 Å². The van der Waals surface area contributed by atoms with Crippen LogP contribution in [0.1, 0.15) is 38.3 Å². The van der Waals surface area contributed by atoms with Crippen LogP contribution in [0.4, 0.5) is 10.5 Å². The van der Waals surface area contributed by atoms with Crippen molar-refractivity contribution in [3.05, 3.63) is 29.8 Å². The SMILES string of the molecule is CCN(CC1CC1)C(=O)Nc1ccc(C(C)N)cc1. The number of urea groups is 1. The molecule has 2 rings (SSSR count). The number of nitrogens with two attached hydrogens (primary N) is 1. The summed E-state index contributed by atoms with van der Waals surface area (Å²) < 4.78 is 0. The Morgan fingerprint density at radius 3 is 2.53 bits per heavy atom. The number of amides is 2. The number of benzene rings is 1. The van der Waals surface area contributed by atoms with Gasteiger partial charge in [-0.25, -0.2) is 4.79 Å². The van der Waals surface area contributed by atoms with Crippen LogP contribution < -0.4 is 11.1 Å². The fourth-order valence-corrected chi connectivity index (χ4v) is 2.04. The number of hydrogen-bond donors (Lipinski definition) is 2. The van der Waals surface area contributed by atoms with Crippen LogP contribution in [0.3, 0.4) is 0 Å². The average Bonchev–Trinajstić information content (AvgIpc) is 3.20. The third kappa shape index (κ3) is 3.96. The van der Waals surface area contributed by atoms with Crippen molar-refractivity contribution in [1.82, 2.24) is 4.90 Å². The summed E-state index contributed by atoms with van der Waals surface area (Å²) >= 11 is 0. The molecular weight excluding hydrogens is 238 g/mol. The molecular formula is C15H23N3O. The molecule has 1 unspecified atom stereocenters. The molecule has 1 fully saturated rings. The van der Waals surface area contributed by atoms with Crippen LogP contribution in [0.5, 0.6) is 0 Å². The zero-order chi connectivity index (χ0) is 13.8. The topological polar surface area (TPSA) is 58.4 Å². The maximum atomic E-state index is 12.1. The zero-order valence-corrected chi connectivity index (χ0v) is 11.7. The average molecular weight is 261 g/mol. The third-order valence-corrected chi connectivity index (χ3v) is 3.53. The highest BCUT2D eigenvalue weighted by Gasteiger charge is 2.25. The van der Waals surface area contributed by atoms with Gasteiger partial charge in [0.25, 0.3) is 0 Å². The van der Waals surface area contributed by atoms with Gasteiger partial charge in [0.1, 0.15) is 0 Å². The molecule has 1 aliphatic rings. The first-order chi connectivity index (χ1) is 9.10. The van der Waals surface area contributed by atoms with Gasteiger partial charge in [-0.3, -0.25) is 0 Å². The van der Waals surface area contributed by atoms with Crippen LogP contribution in [0.2, 0.25) is 0 Å². The number of carbonyl (C=O) groups is 1. The first kappa shape index (κ1) is 13.9. The third-order valence-electron chi connectivity index (χ3n) is 3.53. The number of nitrogens with zero attached hydrogens (tertiary/aromatic N) is 1. The van der Waals surface area contributed by atoms with Crippen LogP contribution in [-0.4, -0.2) is 24.0 Å². The summed E-state index contributed by atoms with van der Waals surface area (Å²) in [4.78, 5) is 14.0. The Kier molecular flexibility index (Phi) is 4.43. The number of carbonyl (C=O) groups excluding carboxylic acids is 1. The van der Waals surface area contributed by atoms with Crippen molar-refractivity contribution in [3.63, 3.8) is 0 Å². The predicted molar refractivity (Wildman–Crippen MR) is 78.0 cm³/mol. The summed E-state index contributed by atoms with van der Waals surface area (Å²) in [5.74, 6) is 0.714. The smallest absolute Gasteiger partial charge is 0.321 e. The molecule has 4 nitrogen and oxygen atoms in total. The van der Waals surface area contributed by atoms with E-state index >= 15 is 0 Å². The minimum absolute atomic E-state index is 0.0112. The van der Waals surface area contributed by atoms with E-state index < -0.39 is 0 Å². The molecule has 1 saturated carbocycles. The molecule has 0 spiro atoms. The summed E-state index contributed by atoms with van der Waals surface area (Å²) in [7, 11) is 0. The molecule has 1 atom stereocenters. The highest BCUT2D eigenvalue weighted by Crippen LogP contribution is 2.29. The second-order valence-corrected chi connectivity index (χ2v) is 5.32. The Labute approximate surface area is 115 Å². The van der Waals surface area contributed by atoms with Gasteiger partial charge < -0.3 is 16.0 Å². The lowest BCUT2D eigenvalue weighted by Crippen LogP contribution is -2.36. The molecule has 0 aromatic heterocycles. The lowest BCUT2D eigenvalue weighted by Gasteiger charge is -2.21. The van der Waals surface area contributed by atoms with E-state index in [-0.39, 0.29) is 12.1 Å². The first-order valence-corrected chi connectivity index (χ1v) is 7.01. The first-order valence-electron chi connectivity index (χ1n) is 7.01. The van der Waals surface area contributed by atoms with Gasteiger partial charge in [-0.1, -0.05) is 12.1 Å². The molecule has 1 aromatic rings. The lowest BCUT2D eigenvalue weighted by molar-refractivity contribution is 0.212. The maximum absolute atomic E-state index is 12.1. The van der Waals surface area contributed by atoms with Gasteiger partial charge in [0, 0.05) is 24.8 Å². The van der Waals surface area contributed by atoms with Gasteiger partial charge in [-0.05, 0) is 50.3 Å². The summed E-state index contributed by atoms with van der Waals surface area (Å²) in [6.07, 6.45) is 2.51. The lowest BCUT2D eigenvalue weighted by atomic mass is 10.1. The Bertz CT molecular complexity index is 424. The maximum Gasteiger partial charge on any atom is 0.321 e. The fraction of sp³-hybridized carbons (Fsp3) is 0.533. The Morgan fingerprint density at radius 1 is 1.42 bits per heavy atom. The Balaban J connectivity index is 1.92. The fourth-order valence-electron chi connectivity index (χ4n) is 2.04. The summed E-state index contributed by atoms with van der Waals surface area (Å²) in [5, 5.41) is 2.94. The molecule has 19 heavy (non-hydrogen) atoms. The van der Waals surface area contributed by atoms with E-state index in [9.17, 15) is 4.79 Å². The number of anilines is 1. The largest absolute Gasteiger partial charge is 0.325 e. The van der Waals surface area contributed by atoms with Crippen molar-refractivity contribution in [2.75, 3.05) is 18.4 Å². The summed E-state index contributed by atoms with van der Waals surface area (Å²) in [5.41, 5.74) is 7.70. The van der Waals surface area contributed by atoms with Gasteiger partial charge in [0.15, 0.2) is 0 Å². The van der Waals surface area contributed by atoms with E-state index in [4.69, 9.17) is 5.73 Å². The zero-order valence-electron chi connectivity index (χ0n) is 11.7. The van der Waals surface area contributed by atoms with E-state index in [1.54, 1.807) is 0 Å². The van der Waals surface area contributed by atoms with E-state index in [1.807, 2.05) is 43.0 Å². The van der Waals surface area contributed by atoms with Gasteiger partial charge in [0.2, 0.25) is 0 Å². The molecule has 0 heterocycles. The molecule has 0 aliphatic heterocycles. The monoisotopic (exact) mass is 261 g/mol. The molecule has 0 bridgehead atoms. The minimum Gasteiger partial charge on any atom is -0.325 e. The number of hydrogen-bond acceptors (Lipinski definition) is 2. The quantitative estimate of drug-likeness (QED) is 0.856. The molecule has 4 heteroatoms. The van der Waals surface area contributed by atoms with Crippen LogP contribution in [-0.2, 0) is 0 Å². The summed E-state index contributed by atoms with van der Waals surface area (Å²) in [6.45, 7) is 5.59.